The van der Waals surface area contributed by atoms with Gasteiger partial charge in [0.2, 0.25) is 0 Å². The number of aliphatic hydroxyl groups excluding tert-OH is 1. The zero-order chi connectivity index (χ0) is 29.9. The van der Waals surface area contributed by atoms with Gasteiger partial charge in [-0.05, 0) is 55.4 Å². The van der Waals surface area contributed by atoms with E-state index in [0.29, 0.717) is 17.0 Å². The van der Waals surface area contributed by atoms with Gasteiger partial charge in [-0.25, -0.2) is 9.78 Å². The van der Waals surface area contributed by atoms with Crippen molar-refractivity contribution in [1.29, 1.82) is 0 Å². The second-order valence-corrected chi connectivity index (χ2v) is 9.89. The molecule has 1 amide bonds. The number of nitrogens with zero attached hydrogens (tertiary/aromatic N) is 2. The lowest BCUT2D eigenvalue weighted by Gasteiger charge is -2.15. The number of aliphatic hydroxyl groups is 1. The summed E-state index contributed by atoms with van der Waals surface area (Å²) in [5, 5.41) is 21.4. The number of anilines is 1. The number of hydrogen-bond acceptors (Lipinski definition) is 6. The highest BCUT2D eigenvalue weighted by atomic mass is 16.5. The zero-order valence-electron chi connectivity index (χ0n) is 23.7. The van der Waals surface area contributed by atoms with Crippen molar-refractivity contribution in [2.75, 3.05) is 25.5 Å². The molecule has 0 bridgehead atoms. The summed E-state index contributed by atoms with van der Waals surface area (Å²) in [7, 11) is 2.14. The van der Waals surface area contributed by atoms with E-state index in [4.69, 9.17) is 19.9 Å². The van der Waals surface area contributed by atoms with E-state index in [-0.39, 0.29) is 12.5 Å². The summed E-state index contributed by atoms with van der Waals surface area (Å²) in [5.41, 5.74) is 5.29. The van der Waals surface area contributed by atoms with E-state index < -0.39 is 12.1 Å². The number of rotatable bonds is 10. The molecular weight excluding hydrogens is 530 g/mol. The fourth-order valence-corrected chi connectivity index (χ4v) is 4.59. The minimum Gasteiger partial charge on any atom is -0.484 e. The number of ether oxygens (including phenoxy) is 1. The van der Waals surface area contributed by atoms with Crippen LogP contribution in [0.4, 0.5) is 5.69 Å². The van der Waals surface area contributed by atoms with E-state index in [1.165, 1.54) is 5.56 Å². The van der Waals surface area contributed by atoms with Gasteiger partial charge in [0, 0.05) is 23.2 Å². The van der Waals surface area contributed by atoms with Gasteiger partial charge < -0.3 is 25.2 Å². The lowest BCUT2D eigenvalue weighted by molar-refractivity contribution is -0.147. The SMILES string of the molecule is CCCN(C)Cc1cccc2c3cccc(NC(=O)COc4ccccc4)cc-3nc12.O=C(O)C(O)c1ccccc1. The summed E-state index contributed by atoms with van der Waals surface area (Å²) in [4.78, 5) is 29.9. The van der Waals surface area contributed by atoms with Crippen LogP contribution in [0.25, 0.3) is 22.2 Å². The van der Waals surface area contributed by atoms with Crippen molar-refractivity contribution in [3.05, 3.63) is 114 Å². The minimum absolute atomic E-state index is 0.0455. The maximum absolute atomic E-state index is 12.4. The van der Waals surface area contributed by atoms with Crippen LogP contribution in [-0.2, 0) is 16.1 Å². The van der Waals surface area contributed by atoms with E-state index in [1.54, 1.807) is 30.3 Å². The summed E-state index contributed by atoms with van der Waals surface area (Å²) in [6.07, 6.45) is -0.285. The van der Waals surface area contributed by atoms with Crippen molar-refractivity contribution >= 4 is 28.5 Å². The third kappa shape index (κ3) is 8.13. The molecule has 0 spiro atoms. The van der Waals surface area contributed by atoms with Crippen LogP contribution in [-0.4, -0.2) is 52.2 Å². The summed E-state index contributed by atoms with van der Waals surface area (Å²) in [6.45, 7) is 4.05. The van der Waals surface area contributed by atoms with E-state index >= 15 is 0 Å². The average Bonchev–Trinajstić information content (AvgIpc) is 3.22. The van der Waals surface area contributed by atoms with E-state index in [0.717, 1.165) is 41.7 Å². The van der Waals surface area contributed by atoms with Gasteiger partial charge >= 0.3 is 5.97 Å². The average molecular weight is 566 g/mol. The number of nitrogens with one attached hydrogen (secondary N) is 1. The highest BCUT2D eigenvalue weighted by molar-refractivity contribution is 6.00. The van der Waals surface area contributed by atoms with Crippen LogP contribution in [0.5, 0.6) is 5.75 Å². The molecule has 1 aliphatic heterocycles. The molecule has 5 rings (SSSR count). The molecule has 2 aliphatic rings. The first-order valence-electron chi connectivity index (χ1n) is 13.8. The molecule has 8 heteroatoms. The van der Waals surface area contributed by atoms with Crippen molar-refractivity contribution < 1.29 is 24.5 Å². The second-order valence-electron chi connectivity index (χ2n) is 9.89. The number of carboxylic acid groups (broad SMARTS) is 1. The van der Waals surface area contributed by atoms with Crippen LogP contribution >= 0.6 is 0 Å². The first-order valence-corrected chi connectivity index (χ1v) is 13.8. The molecule has 0 saturated heterocycles. The van der Waals surface area contributed by atoms with E-state index in [9.17, 15) is 9.59 Å². The molecule has 1 aliphatic carbocycles. The first kappa shape index (κ1) is 30.2. The summed E-state index contributed by atoms with van der Waals surface area (Å²) < 4.78 is 5.54. The number of hydrogen-bond donors (Lipinski definition) is 3. The number of carbonyl (C=O) groups excluding carboxylic acids is 1. The van der Waals surface area contributed by atoms with Gasteiger partial charge in [0.15, 0.2) is 12.7 Å². The molecular formula is C34H35N3O5. The number of aromatic nitrogens is 1. The van der Waals surface area contributed by atoms with Crippen LogP contribution < -0.4 is 10.1 Å². The van der Waals surface area contributed by atoms with Gasteiger partial charge in [-0.3, -0.25) is 4.79 Å². The molecule has 216 valence electrons. The molecule has 0 aromatic heterocycles. The van der Waals surface area contributed by atoms with Crippen LogP contribution in [0.1, 0.15) is 30.6 Å². The number of amides is 1. The standard InChI is InChI=1S/C26H27N3O2.C8H8O3/c1-3-15-29(2)17-19-9-7-14-23-22-13-8-10-20(16-24(22)28-26(19)23)27-25(30)18-31-21-11-5-4-6-12-21;9-7(8(10)11)6-4-2-1-3-5-6/h4-14,16H,3,15,17-18H2,1-2H3,(H,27,30);1-5,7,9H,(H,10,11). The van der Waals surface area contributed by atoms with Crippen LogP contribution in [0, 0.1) is 0 Å². The summed E-state index contributed by atoms with van der Waals surface area (Å²) in [6, 6.07) is 31.7. The Kier molecular flexibility index (Phi) is 10.6. The Balaban J connectivity index is 0.000000310. The largest absolute Gasteiger partial charge is 0.484 e. The van der Waals surface area contributed by atoms with Crippen LogP contribution in [0.15, 0.2) is 103 Å². The fraction of sp³-hybridized carbons (Fsp3) is 0.206. The molecule has 3 N–H and O–H groups in total. The van der Waals surface area contributed by atoms with Crippen LogP contribution in [0.2, 0.25) is 0 Å². The number of fused-ring (bicyclic) bond motifs is 3. The maximum atomic E-state index is 12.4. The van der Waals surface area contributed by atoms with Crippen molar-refractivity contribution in [3.8, 4) is 17.0 Å². The molecule has 1 heterocycles. The van der Waals surface area contributed by atoms with Gasteiger partial charge in [-0.1, -0.05) is 85.8 Å². The minimum atomic E-state index is -1.41. The second kappa shape index (κ2) is 14.7. The lowest BCUT2D eigenvalue weighted by Crippen LogP contribution is -2.19. The lowest BCUT2D eigenvalue weighted by atomic mass is 10.1. The van der Waals surface area contributed by atoms with Gasteiger partial charge in [0.05, 0.1) is 11.2 Å². The quantitative estimate of drug-likeness (QED) is 0.190. The molecule has 8 nitrogen and oxygen atoms in total. The molecule has 1 unspecified atom stereocenters. The topological polar surface area (TPSA) is 112 Å². The number of carbonyl (C=O) groups is 2. The maximum Gasteiger partial charge on any atom is 0.337 e. The molecule has 1 atom stereocenters. The highest BCUT2D eigenvalue weighted by Gasteiger charge is 2.16. The Morgan fingerprint density at radius 3 is 2.31 bits per heavy atom. The van der Waals surface area contributed by atoms with Gasteiger partial charge in [-0.2, -0.15) is 0 Å². The number of benzene rings is 3. The smallest absolute Gasteiger partial charge is 0.337 e. The molecule has 0 fully saturated rings. The number of carboxylic acids is 1. The summed E-state index contributed by atoms with van der Waals surface area (Å²) >= 11 is 0. The van der Waals surface area contributed by atoms with Gasteiger partial charge in [0.1, 0.15) is 5.75 Å². The van der Waals surface area contributed by atoms with Gasteiger partial charge in [0.25, 0.3) is 5.91 Å². The number of aliphatic carboxylic acids is 1. The van der Waals surface area contributed by atoms with Crippen molar-refractivity contribution in [3.63, 3.8) is 0 Å². The Morgan fingerprint density at radius 1 is 0.929 bits per heavy atom. The van der Waals surface area contributed by atoms with Crippen molar-refractivity contribution in [1.82, 2.24) is 9.88 Å². The Bertz CT molecular complexity index is 1580. The van der Waals surface area contributed by atoms with Crippen LogP contribution in [0.3, 0.4) is 0 Å². The highest BCUT2D eigenvalue weighted by Crippen LogP contribution is 2.33. The van der Waals surface area contributed by atoms with E-state index in [2.05, 4.69) is 48.5 Å². The molecule has 3 aromatic carbocycles. The molecule has 0 radical (unpaired) electrons. The normalized spacial score (nSPS) is 11.5. The zero-order valence-corrected chi connectivity index (χ0v) is 23.7. The molecule has 3 aromatic rings. The predicted molar refractivity (Wildman–Crippen MR) is 165 cm³/mol. The van der Waals surface area contributed by atoms with Crippen molar-refractivity contribution in [2.45, 2.75) is 26.0 Å². The van der Waals surface area contributed by atoms with Crippen molar-refractivity contribution in [2.24, 2.45) is 0 Å². The van der Waals surface area contributed by atoms with Gasteiger partial charge in [-0.15, -0.1) is 0 Å². The monoisotopic (exact) mass is 565 g/mol. The molecule has 0 saturated carbocycles. The fourth-order valence-electron chi connectivity index (χ4n) is 4.59. The number of para-hydroxylation sites is 2. The Hall–Kier alpha value is -4.79. The predicted octanol–water partition coefficient (Wildman–Crippen LogP) is 6.00. The third-order valence-electron chi connectivity index (χ3n) is 6.54. The molecule has 42 heavy (non-hydrogen) atoms. The summed E-state index contributed by atoms with van der Waals surface area (Å²) in [5.74, 6) is -0.763. The van der Waals surface area contributed by atoms with E-state index in [1.807, 2.05) is 48.5 Å². The third-order valence-corrected chi connectivity index (χ3v) is 6.54. The Morgan fingerprint density at radius 2 is 1.62 bits per heavy atom. The Labute approximate surface area is 245 Å². The first-order chi connectivity index (χ1) is 20.4.